The first-order valence-corrected chi connectivity index (χ1v) is 13.9. The Labute approximate surface area is 213 Å². The number of carbonyl (C=O) groups is 1. The van der Waals surface area contributed by atoms with Crippen LogP contribution in [0.4, 0.5) is 11.4 Å². The van der Waals surface area contributed by atoms with E-state index in [1.807, 2.05) is 0 Å². The van der Waals surface area contributed by atoms with Gasteiger partial charge in [-0.3, -0.25) is 4.79 Å². The fraction of sp³-hybridized carbons (Fsp3) is 0.519. The van der Waals surface area contributed by atoms with Crippen molar-refractivity contribution >= 4 is 27.3 Å². The Bertz CT molecular complexity index is 1240. The molecule has 0 unspecified atom stereocenters. The molecule has 0 aromatic heterocycles. The molecule has 0 bridgehead atoms. The van der Waals surface area contributed by atoms with Gasteiger partial charge in [0, 0.05) is 30.0 Å². The van der Waals surface area contributed by atoms with Gasteiger partial charge in [0.2, 0.25) is 10.0 Å². The minimum absolute atomic E-state index is 0.0653. The van der Waals surface area contributed by atoms with E-state index in [0.717, 1.165) is 25.9 Å². The van der Waals surface area contributed by atoms with Gasteiger partial charge in [-0.25, -0.2) is 13.1 Å². The quantitative estimate of drug-likeness (QED) is 0.447. The van der Waals surface area contributed by atoms with Crippen molar-refractivity contribution in [3.63, 3.8) is 0 Å². The summed E-state index contributed by atoms with van der Waals surface area (Å²) < 4.78 is 28.1. The van der Waals surface area contributed by atoms with Crippen molar-refractivity contribution in [1.82, 2.24) is 4.72 Å². The van der Waals surface area contributed by atoms with E-state index in [2.05, 4.69) is 14.9 Å². The van der Waals surface area contributed by atoms with Crippen molar-refractivity contribution in [2.45, 2.75) is 69.4 Å². The third-order valence-electron chi connectivity index (χ3n) is 7.14. The number of carbonyl (C=O) groups excluding carboxylic acids is 1. The molecule has 2 aliphatic rings. The molecule has 2 fully saturated rings. The second-order valence-corrected chi connectivity index (χ2v) is 13.2. The number of anilines is 2. The Morgan fingerprint density at radius 3 is 2.28 bits per heavy atom. The van der Waals surface area contributed by atoms with Crippen molar-refractivity contribution in [3.05, 3.63) is 53.6 Å². The molecule has 1 aliphatic heterocycles. The molecular weight excluding hydrogens is 478 g/mol. The molecule has 1 heterocycles. The Morgan fingerprint density at radius 2 is 1.69 bits per heavy atom. The highest BCUT2D eigenvalue weighted by atomic mass is 32.2. The molecule has 8 nitrogen and oxygen atoms in total. The van der Waals surface area contributed by atoms with Crippen molar-refractivity contribution in [1.29, 1.82) is 0 Å². The summed E-state index contributed by atoms with van der Waals surface area (Å²) in [7, 11) is -3.76. The number of aliphatic hydroxyl groups excluding tert-OH is 1. The number of hydrogen-bond acceptors (Lipinski definition) is 6. The average Bonchev–Trinajstić information content (AvgIpc) is 3.56. The molecule has 196 valence electrons. The summed E-state index contributed by atoms with van der Waals surface area (Å²) in [6.45, 7) is 8.03. The Kier molecular flexibility index (Phi) is 6.98. The van der Waals surface area contributed by atoms with Gasteiger partial charge < -0.3 is 20.4 Å². The van der Waals surface area contributed by atoms with Crippen molar-refractivity contribution in [3.8, 4) is 0 Å². The summed E-state index contributed by atoms with van der Waals surface area (Å²) in [6, 6.07) is 11.3. The smallest absolute Gasteiger partial charge is 0.257 e. The molecule has 0 radical (unpaired) electrons. The molecule has 1 amide bonds. The van der Waals surface area contributed by atoms with E-state index in [0.29, 0.717) is 27.9 Å². The molecule has 1 saturated heterocycles. The van der Waals surface area contributed by atoms with Gasteiger partial charge in [-0.15, -0.1) is 0 Å². The highest BCUT2D eigenvalue weighted by molar-refractivity contribution is 7.89. The molecule has 1 saturated carbocycles. The predicted molar refractivity (Wildman–Crippen MR) is 141 cm³/mol. The van der Waals surface area contributed by atoms with Crippen molar-refractivity contribution in [2.75, 3.05) is 29.9 Å². The summed E-state index contributed by atoms with van der Waals surface area (Å²) in [5.74, 6) is -0.370. The first-order valence-electron chi connectivity index (χ1n) is 12.4. The van der Waals surface area contributed by atoms with Crippen LogP contribution in [0.2, 0.25) is 0 Å². The van der Waals surface area contributed by atoms with Crippen LogP contribution in [0.3, 0.4) is 0 Å². The van der Waals surface area contributed by atoms with Gasteiger partial charge in [0.1, 0.15) is 5.60 Å². The van der Waals surface area contributed by atoms with E-state index in [1.54, 1.807) is 58.0 Å². The van der Waals surface area contributed by atoms with Crippen LogP contribution in [0.1, 0.15) is 69.3 Å². The first-order chi connectivity index (χ1) is 16.7. The Balaban J connectivity index is 1.62. The number of hydrogen-bond donors (Lipinski definition) is 4. The molecule has 4 N–H and O–H groups in total. The number of nitrogens with one attached hydrogen (secondary N) is 2. The zero-order valence-electron chi connectivity index (χ0n) is 21.5. The third-order valence-corrected chi connectivity index (χ3v) is 8.89. The van der Waals surface area contributed by atoms with E-state index >= 15 is 0 Å². The lowest BCUT2D eigenvalue weighted by Crippen LogP contribution is -2.40. The zero-order valence-corrected chi connectivity index (χ0v) is 22.3. The molecule has 36 heavy (non-hydrogen) atoms. The van der Waals surface area contributed by atoms with Gasteiger partial charge in [0.05, 0.1) is 17.1 Å². The van der Waals surface area contributed by atoms with Crippen LogP contribution < -0.4 is 14.9 Å². The van der Waals surface area contributed by atoms with Crippen LogP contribution in [-0.2, 0) is 15.6 Å². The van der Waals surface area contributed by atoms with Crippen LogP contribution in [0, 0.1) is 5.41 Å². The van der Waals surface area contributed by atoms with E-state index in [1.165, 1.54) is 25.0 Å². The van der Waals surface area contributed by atoms with Gasteiger partial charge in [-0.1, -0.05) is 12.1 Å². The number of benzene rings is 2. The molecular formula is C27H37N3O5S. The minimum atomic E-state index is -3.76. The maximum atomic E-state index is 13.4. The predicted octanol–water partition coefficient (Wildman–Crippen LogP) is 3.60. The number of piperidine rings is 1. The number of amides is 1. The maximum Gasteiger partial charge on any atom is 0.257 e. The lowest BCUT2D eigenvalue weighted by Gasteiger charge is -2.35. The van der Waals surface area contributed by atoms with Gasteiger partial charge in [-0.2, -0.15) is 0 Å². The molecule has 4 rings (SSSR count). The summed E-state index contributed by atoms with van der Waals surface area (Å²) in [4.78, 5) is 15.7. The number of nitrogens with zero attached hydrogens (tertiary/aromatic N) is 1. The Morgan fingerprint density at radius 1 is 1.03 bits per heavy atom. The molecule has 2 aromatic carbocycles. The fourth-order valence-corrected chi connectivity index (χ4v) is 6.18. The highest BCUT2D eigenvalue weighted by Crippen LogP contribution is 2.54. The lowest BCUT2D eigenvalue weighted by molar-refractivity contribution is -0.00227. The molecule has 9 heteroatoms. The largest absolute Gasteiger partial charge is 0.393 e. The van der Waals surface area contributed by atoms with Gasteiger partial charge in [0.15, 0.2) is 0 Å². The summed E-state index contributed by atoms with van der Waals surface area (Å²) >= 11 is 0. The summed E-state index contributed by atoms with van der Waals surface area (Å²) in [6.07, 6.45) is 4.65. The van der Waals surface area contributed by atoms with Gasteiger partial charge in [-0.05, 0) is 94.7 Å². The van der Waals surface area contributed by atoms with E-state index in [-0.39, 0.29) is 10.8 Å². The number of sulfonamides is 1. The SMILES string of the molecule is CC(C)(C)NS(=O)(=O)c1cccc(NC(=O)c2ccc([C@](C)(O)CO)cc2N2CCC3(CC2)CC3)c1. The third kappa shape index (κ3) is 5.91. The van der Waals surface area contributed by atoms with Gasteiger partial charge in [0.25, 0.3) is 5.91 Å². The molecule has 1 aliphatic carbocycles. The standard InChI is InChI=1S/C27H37N3O5S/c1-25(2,3)29-36(34,35)21-7-5-6-20(17-21)28-24(32)22-9-8-19(26(4,33)18-31)16-23(22)30-14-12-27(10-11-27)13-15-30/h5-9,16-17,29,31,33H,10-15,18H2,1-4H3,(H,28,32)/t26-/m1/s1. The second kappa shape index (κ2) is 9.45. The Hall–Kier alpha value is -2.46. The summed E-state index contributed by atoms with van der Waals surface area (Å²) in [5, 5.41) is 23.1. The number of rotatable bonds is 7. The van der Waals surface area contributed by atoms with Crippen molar-refractivity contribution in [2.24, 2.45) is 5.41 Å². The zero-order chi connectivity index (χ0) is 26.4. The topological polar surface area (TPSA) is 119 Å². The van der Waals surface area contributed by atoms with Gasteiger partial charge >= 0.3 is 0 Å². The fourth-order valence-electron chi connectivity index (χ4n) is 4.71. The molecule has 1 spiro atoms. The van der Waals surface area contributed by atoms with Crippen LogP contribution >= 0.6 is 0 Å². The van der Waals surface area contributed by atoms with Crippen LogP contribution in [-0.4, -0.2) is 49.8 Å². The highest BCUT2D eigenvalue weighted by Gasteiger charge is 2.44. The molecule has 2 aromatic rings. The van der Waals surface area contributed by atoms with E-state index in [4.69, 9.17) is 0 Å². The normalized spacial score (nSPS) is 19.1. The van der Waals surface area contributed by atoms with Crippen molar-refractivity contribution < 1.29 is 23.4 Å². The van der Waals surface area contributed by atoms with E-state index in [9.17, 15) is 23.4 Å². The van der Waals surface area contributed by atoms with Crippen LogP contribution in [0.25, 0.3) is 0 Å². The monoisotopic (exact) mass is 515 g/mol. The van der Waals surface area contributed by atoms with E-state index < -0.39 is 27.8 Å². The maximum absolute atomic E-state index is 13.4. The number of aliphatic hydroxyl groups is 2. The second-order valence-electron chi connectivity index (χ2n) is 11.5. The van der Waals surface area contributed by atoms with Crippen LogP contribution in [0.15, 0.2) is 47.4 Å². The molecule has 1 atom stereocenters. The van der Waals surface area contributed by atoms with Crippen LogP contribution in [0.5, 0.6) is 0 Å². The minimum Gasteiger partial charge on any atom is -0.393 e. The summed E-state index contributed by atoms with van der Waals surface area (Å²) in [5.41, 5.74) is 0.417. The lowest BCUT2D eigenvalue weighted by atomic mass is 9.91. The first kappa shape index (κ1) is 26.6. The average molecular weight is 516 g/mol.